The third kappa shape index (κ3) is 4.29. The normalized spacial score (nSPS) is 11.7. The number of nitrogens with two attached hydrogens (primary N) is 1. The van der Waals surface area contributed by atoms with Gasteiger partial charge in [0, 0.05) is 17.2 Å². The fraction of sp³-hybridized carbons (Fsp3) is 0.308. The van der Waals surface area contributed by atoms with Crippen molar-refractivity contribution in [3.8, 4) is 11.3 Å². The van der Waals surface area contributed by atoms with Gasteiger partial charge >= 0.3 is 0 Å². The number of sulfone groups is 1. The Labute approximate surface area is 122 Å². The number of rotatable bonds is 6. The highest BCUT2D eigenvalue weighted by atomic mass is 32.2. The minimum atomic E-state index is -2.99. The molecule has 0 fully saturated rings. The Morgan fingerprint density at radius 1 is 1.35 bits per heavy atom. The molecule has 0 spiro atoms. The molecule has 2 rings (SSSR count). The number of thiazole rings is 1. The fourth-order valence-electron chi connectivity index (χ4n) is 1.70. The summed E-state index contributed by atoms with van der Waals surface area (Å²) in [5, 5.41) is 2.41. The summed E-state index contributed by atoms with van der Waals surface area (Å²) in [6.07, 6.45) is 1.20. The number of hydrogen-bond donors (Lipinski definition) is 1. The lowest BCUT2D eigenvalue weighted by Crippen LogP contribution is -2.10. The molecule has 5 nitrogen and oxygen atoms in total. The van der Waals surface area contributed by atoms with Crippen LogP contribution in [0.25, 0.3) is 11.3 Å². The maximum atomic E-state index is 11.0. The van der Waals surface area contributed by atoms with Crippen molar-refractivity contribution < 1.29 is 13.2 Å². The van der Waals surface area contributed by atoms with Crippen LogP contribution in [0.2, 0.25) is 0 Å². The summed E-state index contributed by atoms with van der Waals surface area (Å²) >= 11 is 1.39. The van der Waals surface area contributed by atoms with Gasteiger partial charge in [-0.15, -0.1) is 11.3 Å². The van der Waals surface area contributed by atoms with E-state index in [0.717, 1.165) is 16.8 Å². The largest absolute Gasteiger partial charge is 0.376 e. The third-order valence-electron chi connectivity index (χ3n) is 2.67. The van der Waals surface area contributed by atoms with E-state index in [4.69, 9.17) is 10.5 Å². The summed E-state index contributed by atoms with van der Waals surface area (Å²) in [6, 6.07) is 7.72. The van der Waals surface area contributed by atoms with Crippen LogP contribution in [0.1, 0.15) is 5.56 Å². The van der Waals surface area contributed by atoms with Crippen molar-refractivity contribution in [3.63, 3.8) is 0 Å². The van der Waals surface area contributed by atoms with Crippen LogP contribution in [-0.4, -0.2) is 32.0 Å². The van der Waals surface area contributed by atoms with Crippen molar-refractivity contribution >= 4 is 26.3 Å². The zero-order valence-electron chi connectivity index (χ0n) is 11.1. The highest BCUT2D eigenvalue weighted by molar-refractivity contribution is 7.90. The Morgan fingerprint density at radius 3 is 2.75 bits per heavy atom. The SMILES string of the molecule is CS(=O)(=O)CCOCc1ccccc1-c1csc(N)n1. The zero-order valence-corrected chi connectivity index (χ0v) is 12.7. The van der Waals surface area contributed by atoms with Gasteiger partial charge in [0.1, 0.15) is 9.84 Å². The van der Waals surface area contributed by atoms with Crippen LogP contribution in [0, 0.1) is 0 Å². The molecule has 0 amide bonds. The molecule has 1 heterocycles. The standard InChI is InChI=1S/C13H16N2O3S2/c1-20(16,17)7-6-18-8-10-4-2-3-5-11(10)12-9-19-13(14)15-12/h2-5,9H,6-8H2,1H3,(H2,14,15). The van der Waals surface area contributed by atoms with Gasteiger partial charge < -0.3 is 10.5 Å². The first-order chi connectivity index (χ1) is 9.46. The van der Waals surface area contributed by atoms with Crippen LogP contribution >= 0.6 is 11.3 Å². The molecule has 20 heavy (non-hydrogen) atoms. The predicted molar refractivity (Wildman–Crippen MR) is 81.3 cm³/mol. The van der Waals surface area contributed by atoms with E-state index in [1.165, 1.54) is 17.6 Å². The van der Waals surface area contributed by atoms with Crippen LogP contribution in [0.15, 0.2) is 29.6 Å². The number of benzene rings is 1. The second-order valence-electron chi connectivity index (χ2n) is 4.41. The monoisotopic (exact) mass is 312 g/mol. The molecule has 2 aromatic rings. The lowest BCUT2D eigenvalue weighted by atomic mass is 10.1. The molecule has 0 saturated heterocycles. The predicted octanol–water partition coefficient (Wildman–Crippen LogP) is 1.95. The van der Waals surface area contributed by atoms with E-state index < -0.39 is 9.84 Å². The van der Waals surface area contributed by atoms with Crippen LogP contribution < -0.4 is 5.73 Å². The zero-order chi connectivity index (χ0) is 14.6. The molecule has 0 atom stereocenters. The van der Waals surface area contributed by atoms with Crippen molar-refractivity contribution in [2.75, 3.05) is 24.3 Å². The van der Waals surface area contributed by atoms with Crippen LogP contribution in [0.5, 0.6) is 0 Å². The van der Waals surface area contributed by atoms with Gasteiger partial charge in [0.2, 0.25) is 0 Å². The van der Waals surface area contributed by atoms with Gasteiger partial charge in [0.05, 0.1) is 24.7 Å². The van der Waals surface area contributed by atoms with Crippen LogP contribution in [0.4, 0.5) is 5.13 Å². The van der Waals surface area contributed by atoms with E-state index in [0.29, 0.717) is 11.7 Å². The summed E-state index contributed by atoms with van der Waals surface area (Å²) in [5.41, 5.74) is 8.38. The third-order valence-corrected chi connectivity index (χ3v) is 4.25. The molecule has 0 saturated carbocycles. The molecule has 0 radical (unpaired) electrons. The maximum Gasteiger partial charge on any atom is 0.180 e. The molecule has 0 unspecified atom stereocenters. The minimum Gasteiger partial charge on any atom is -0.376 e. The Hall–Kier alpha value is -1.44. The van der Waals surface area contributed by atoms with Gasteiger partial charge in [-0.2, -0.15) is 0 Å². The fourth-order valence-corrected chi connectivity index (χ4v) is 2.68. The lowest BCUT2D eigenvalue weighted by molar-refractivity contribution is 0.136. The van der Waals surface area contributed by atoms with Crippen LogP contribution in [-0.2, 0) is 21.2 Å². The van der Waals surface area contributed by atoms with Gasteiger partial charge in [0.25, 0.3) is 0 Å². The molecule has 7 heteroatoms. The quantitative estimate of drug-likeness (QED) is 0.824. The van der Waals surface area contributed by atoms with Crippen molar-refractivity contribution in [2.45, 2.75) is 6.61 Å². The second-order valence-corrected chi connectivity index (χ2v) is 7.56. The first-order valence-electron chi connectivity index (χ1n) is 6.00. The molecule has 0 aliphatic heterocycles. The van der Waals surface area contributed by atoms with Gasteiger partial charge in [-0.3, -0.25) is 0 Å². The number of ether oxygens (including phenoxy) is 1. The molecule has 1 aromatic heterocycles. The number of aromatic nitrogens is 1. The van der Waals surface area contributed by atoms with Crippen molar-refractivity contribution in [1.29, 1.82) is 0 Å². The Kier molecular flexibility index (Phi) is 4.74. The second kappa shape index (κ2) is 6.34. The molecular weight excluding hydrogens is 296 g/mol. The topological polar surface area (TPSA) is 82.3 Å². The number of nitrogens with zero attached hydrogens (tertiary/aromatic N) is 1. The molecule has 1 aromatic carbocycles. The smallest absolute Gasteiger partial charge is 0.180 e. The molecule has 2 N–H and O–H groups in total. The van der Waals surface area contributed by atoms with E-state index in [1.807, 2.05) is 29.6 Å². The minimum absolute atomic E-state index is 0.0266. The average Bonchev–Trinajstić information content (AvgIpc) is 2.81. The Balaban J connectivity index is 2.05. The van der Waals surface area contributed by atoms with Crippen molar-refractivity contribution in [3.05, 3.63) is 35.2 Å². The molecule has 0 aliphatic carbocycles. The summed E-state index contributed by atoms with van der Waals surface area (Å²) in [5.74, 6) is 0.0266. The summed E-state index contributed by atoms with van der Waals surface area (Å²) in [6.45, 7) is 0.537. The summed E-state index contributed by atoms with van der Waals surface area (Å²) < 4.78 is 27.5. The number of nitrogen functional groups attached to an aromatic ring is 1. The molecule has 0 aliphatic rings. The average molecular weight is 312 g/mol. The van der Waals surface area contributed by atoms with Gasteiger partial charge in [-0.05, 0) is 5.56 Å². The van der Waals surface area contributed by atoms with Gasteiger partial charge in [-0.1, -0.05) is 24.3 Å². The number of anilines is 1. The Morgan fingerprint density at radius 2 is 2.10 bits per heavy atom. The summed E-state index contributed by atoms with van der Waals surface area (Å²) in [4.78, 5) is 4.25. The molecule has 0 bridgehead atoms. The molecule has 108 valence electrons. The van der Waals surface area contributed by atoms with Crippen molar-refractivity contribution in [2.24, 2.45) is 0 Å². The van der Waals surface area contributed by atoms with Crippen molar-refractivity contribution in [1.82, 2.24) is 4.98 Å². The summed E-state index contributed by atoms with van der Waals surface area (Å²) in [7, 11) is -2.99. The maximum absolute atomic E-state index is 11.0. The van der Waals surface area contributed by atoms with E-state index in [-0.39, 0.29) is 12.4 Å². The van der Waals surface area contributed by atoms with Gasteiger partial charge in [0.15, 0.2) is 5.13 Å². The first kappa shape index (κ1) is 15.0. The van der Waals surface area contributed by atoms with E-state index in [1.54, 1.807) is 0 Å². The van der Waals surface area contributed by atoms with E-state index in [2.05, 4.69) is 4.98 Å². The van der Waals surface area contributed by atoms with Gasteiger partial charge in [-0.25, -0.2) is 13.4 Å². The highest BCUT2D eigenvalue weighted by Gasteiger charge is 2.08. The molecular formula is C13H16N2O3S2. The first-order valence-corrected chi connectivity index (χ1v) is 8.94. The van der Waals surface area contributed by atoms with E-state index in [9.17, 15) is 8.42 Å². The number of hydrogen-bond acceptors (Lipinski definition) is 6. The lowest BCUT2D eigenvalue weighted by Gasteiger charge is -2.08. The van der Waals surface area contributed by atoms with Crippen LogP contribution in [0.3, 0.4) is 0 Å². The van der Waals surface area contributed by atoms with E-state index >= 15 is 0 Å². The highest BCUT2D eigenvalue weighted by Crippen LogP contribution is 2.26. The Bertz CT molecular complexity index is 680.